The van der Waals surface area contributed by atoms with Crippen molar-refractivity contribution in [2.75, 3.05) is 35.2 Å². The second-order valence-electron chi connectivity index (χ2n) is 5.26. The number of ether oxygens (including phenoxy) is 1. The Bertz CT molecular complexity index is 637. The molecule has 24 heavy (non-hydrogen) atoms. The van der Waals surface area contributed by atoms with Crippen LogP contribution in [-0.2, 0) is 0 Å². The first-order valence-electron chi connectivity index (χ1n) is 8.32. The molecule has 4 nitrogen and oxygen atoms in total. The number of benzene rings is 2. The van der Waals surface area contributed by atoms with Crippen molar-refractivity contribution in [1.82, 2.24) is 0 Å². The first-order valence-corrected chi connectivity index (χ1v) is 8.73. The summed E-state index contributed by atoms with van der Waals surface area (Å²) in [6.07, 6.45) is 0. The van der Waals surface area contributed by atoms with Crippen LogP contribution in [0.4, 0.5) is 17.1 Å². The van der Waals surface area contributed by atoms with Crippen LogP contribution >= 0.6 is 12.2 Å². The zero-order chi connectivity index (χ0) is 17.4. The van der Waals surface area contributed by atoms with E-state index in [-0.39, 0.29) is 0 Å². The van der Waals surface area contributed by atoms with E-state index in [0.29, 0.717) is 11.7 Å². The maximum absolute atomic E-state index is 5.43. The molecule has 2 aromatic rings. The van der Waals surface area contributed by atoms with Gasteiger partial charge in [-0.15, -0.1) is 0 Å². The summed E-state index contributed by atoms with van der Waals surface area (Å²) in [6, 6.07) is 16.0. The van der Waals surface area contributed by atoms with Crippen LogP contribution in [0.3, 0.4) is 0 Å². The molecule has 0 unspecified atom stereocenters. The smallest absolute Gasteiger partial charge is 0.175 e. The van der Waals surface area contributed by atoms with E-state index in [1.54, 1.807) is 0 Å². The molecule has 0 aromatic heterocycles. The minimum absolute atomic E-state index is 0.565. The first kappa shape index (κ1) is 18.1. The third kappa shape index (κ3) is 5.13. The van der Waals surface area contributed by atoms with Crippen LogP contribution in [0.15, 0.2) is 48.5 Å². The molecular weight excluding hydrogens is 318 g/mol. The van der Waals surface area contributed by atoms with E-state index in [1.807, 2.05) is 43.3 Å². The van der Waals surface area contributed by atoms with Gasteiger partial charge in [-0.1, -0.05) is 0 Å². The zero-order valence-corrected chi connectivity index (χ0v) is 15.3. The lowest BCUT2D eigenvalue weighted by atomic mass is 10.2. The van der Waals surface area contributed by atoms with Gasteiger partial charge in [0, 0.05) is 30.2 Å². The molecule has 0 heterocycles. The minimum Gasteiger partial charge on any atom is -0.494 e. The van der Waals surface area contributed by atoms with Gasteiger partial charge in [0.1, 0.15) is 5.75 Å². The second-order valence-corrected chi connectivity index (χ2v) is 5.66. The van der Waals surface area contributed by atoms with Crippen molar-refractivity contribution < 1.29 is 4.74 Å². The van der Waals surface area contributed by atoms with Gasteiger partial charge in [0.25, 0.3) is 0 Å². The molecule has 0 radical (unpaired) electrons. The number of anilines is 3. The molecule has 0 bridgehead atoms. The highest BCUT2D eigenvalue weighted by Gasteiger charge is 2.03. The SMILES string of the molecule is CCOc1ccc(NC(=S)Nc2ccc(N(CC)CC)cc2)cc1. The Morgan fingerprint density at radius 3 is 1.83 bits per heavy atom. The number of rotatable bonds is 7. The first-order chi connectivity index (χ1) is 11.7. The molecule has 0 aliphatic carbocycles. The highest BCUT2D eigenvalue weighted by atomic mass is 32.1. The molecule has 0 atom stereocenters. The Balaban J connectivity index is 1.92. The van der Waals surface area contributed by atoms with Gasteiger partial charge in [0.15, 0.2) is 5.11 Å². The quantitative estimate of drug-likeness (QED) is 0.710. The van der Waals surface area contributed by atoms with Crippen LogP contribution in [0, 0.1) is 0 Å². The number of nitrogens with one attached hydrogen (secondary N) is 2. The topological polar surface area (TPSA) is 36.5 Å². The van der Waals surface area contributed by atoms with E-state index in [4.69, 9.17) is 17.0 Å². The van der Waals surface area contributed by atoms with E-state index < -0.39 is 0 Å². The Kier molecular flexibility index (Phi) is 6.88. The standard InChI is InChI=1S/C19H25N3OS/c1-4-22(5-2)17-11-7-15(8-12-17)20-19(24)21-16-9-13-18(14-10-16)23-6-3/h7-14H,4-6H2,1-3H3,(H2,20,21,24). The van der Waals surface area contributed by atoms with Crippen LogP contribution in [0.5, 0.6) is 5.75 Å². The van der Waals surface area contributed by atoms with E-state index in [1.165, 1.54) is 5.69 Å². The fourth-order valence-electron chi connectivity index (χ4n) is 2.44. The van der Waals surface area contributed by atoms with Crippen molar-refractivity contribution >= 4 is 34.4 Å². The van der Waals surface area contributed by atoms with E-state index in [2.05, 4.69) is 41.5 Å². The molecule has 2 aromatic carbocycles. The third-order valence-corrected chi connectivity index (χ3v) is 3.88. The molecule has 2 rings (SSSR count). The Hall–Kier alpha value is -2.27. The predicted molar refractivity (Wildman–Crippen MR) is 107 cm³/mol. The lowest BCUT2D eigenvalue weighted by molar-refractivity contribution is 0.340. The summed E-state index contributed by atoms with van der Waals surface area (Å²) in [5.74, 6) is 0.855. The van der Waals surface area contributed by atoms with Crippen molar-refractivity contribution in [1.29, 1.82) is 0 Å². The van der Waals surface area contributed by atoms with Crippen LogP contribution < -0.4 is 20.3 Å². The highest BCUT2D eigenvalue weighted by Crippen LogP contribution is 2.19. The third-order valence-electron chi connectivity index (χ3n) is 3.68. The minimum atomic E-state index is 0.565. The molecule has 0 amide bonds. The van der Waals surface area contributed by atoms with Gasteiger partial charge >= 0.3 is 0 Å². The van der Waals surface area contributed by atoms with E-state index >= 15 is 0 Å². The number of hydrogen-bond donors (Lipinski definition) is 2. The number of nitrogens with zero attached hydrogens (tertiary/aromatic N) is 1. The summed E-state index contributed by atoms with van der Waals surface area (Å²) in [5, 5.41) is 6.94. The van der Waals surface area contributed by atoms with Crippen molar-refractivity contribution in [2.45, 2.75) is 20.8 Å². The van der Waals surface area contributed by atoms with E-state index in [9.17, 15) is 0 Å². The summed E-state index contributed by atoms with van der Waals surface area (Å²) >= 11 is 5.37. The predicted octanol–water partition coefficient (Wildman–Crippen LogP) is 4.74. The largest absolute Gasteiger partial charge is 0.494 e. The van der Waals surface area contributed by atoms with E-state index in [0.717, 1.165) is 30.2 Å². The van der Waals surface area contributed by atoms with Crippen molar-refractivity contribution in [2.24, 2.45) is 0 Å². The van der Waals surface area contributed by atoms with Crippen molar-refractivity contribution in [3.05, 3.63) is 48.5 Å². The number of thiocarbonyl (C=S) groups is 1. The van der Waals surface area contributed by atoms with Crippen molar-refractivity contribution in [3.8, 4) is 5.75 Å². The fourth-order valence-corrected chi connectivity index (χ4v) is 2.67. The summed E-state index contributed by atoms with van der Waals surface area (Å²) < 4.78 is 5.43. The second kappa shape index (κ2) is 9.13. The Morgan fingerprint density at radius 2 is 1.38 bits per heavy atom. The van der Waals surface area contributed by atoms with Crippen LogP contribution in [0.1, 0.15) is 20.8 Å². The lowest BCUT2D eigenvalue weighted by Gasteiger charge is -2.21. The van der Waals surface area contributed by atoms with Crippen LogP contribution in [-0.4, -0.2) is 24.8 Å². The fraction of sp³-hybridized carbons (Fsp3) is 0.316. The average molecular weight is 343 g/mol. The molecule has 5 heteroatoms. The van der Waals surface area contributed by atoms with Gasteiger partial charge in [0.2, 0.25) is 0 Å². The summed E-state index contributed by atoms with van der Waals surface area (Å²) in [7, 11) is 0. The van der Waals surface area contributed by atoms with Gasteiger partial charge < -0.3 is 20.3 Å². The maximum atomic E-state index is 5.43. The van der Waals surface area contributed by atoms with Gasteiger partial charge in [-0.25, -0.2) is 0 Å². The summed E-state index contributed by atoms with van der Waals surface area (Å²) in [5.41, 5.74) is 3.11. The Labute approximate surface area is 149 Å². The molecule has 0 fully saturated rings. The maximum Gasteiger partial charge on any atom is 0.175 e. The molecule has 0 aliphatic heterocycles. The van der Waals surface area contributed by atoms with Gasteiger partial charge in [0.05, 0.1) is 6.61 Å². The highest BCUT2D eigenvalue weighted by molar-refractivity contribution is 7.80. The molecular formula is C19H25N3OS. The average Bonchev–Trinajstić information content (AvgIpc) is 2.59. The van der Waals surface area contributed by atoms with Gasteiger partial charge in [-0.3, -0.25) is 0 Å². The molecule has 128 valence electrons. The van der Waals surface area contributed by atoms with Gasteiger partial charge in [-0.05, 0) is 81.5 Å². The molecule has 0 aliphatic rings. The zero-order valence-electron chi connectivity index (χ0n) is 14.5. The molecule has 0 saturated heterocycles. The molecule has 0 spiro atoms. The van der Waals surface area contributed by atoms with Crippen LogP contribution in [0.2, 0.25) is 0 Å². The summed E-state index contributed by atoms with van der Waals surface area (Å²) in [6.45, 7) is 8.95. The molecule has 2 N–H and O–H groups in total. The summed E-state index contributed by atoms with van der Waals surface area (Å²) in [4.78, 5) is 2.31. The number of hydrogen-bond acceptors (Lipinski definition) is 3. The normalized spacial score (nSPS) is 10.1. The monoisotopic (exact) mass is 343 g/mol. The van der Waals surface area contributed by atoms with Gasteiger partial charge in [-0.2, -0.15) is 0 Å². The molecule has 0 saturated carbocycles. The van der Waals surface area contributed by atoms with Crippen LogP contribution in [0.25, 0.3) is 0 Å². The van der Waals surface area contributed by atoms with Crippen molar-refractivity contribution in [3.63, 3.8) is 0 Å². The Morgan fingerprint density at radius 1 is 0.875 bits per heavy atom. The lowest BCUT2D eigenvalue weighted by Crippen LogP contribution is -2.22.